The molecule has 8 heteroatoms. The van der Waals surface area contributed by atoms with Crippen LogP contribution in [0.25, 0.3) is 0 Å². The fraction of sp³-hybridized carbons (Fsp3) is 0.500. The molecule has 1 saturated carbocycles. The van der Waals surface area contributed by atoms with Crippen LogP contribution in [-0.2, 0) is 4.79 Å². The number of anilines is 1. The Hall–Kier alpha value is -2.12. The van der Waals surface area contributed by atoms with Crippen LogP contribution in [0.15, 0.2) is 24.4 Å². The minimum Gasteiger partial charge on any atom is -0.376 e. The van der Waals surface area contributed by atoms with Crippen LogP contribution in [0.1, 0.15) is 66.8 Å². The van der Waals surface area contributed by atoms with Crippen molar-refractivity contribution in [2.75, 3.05) is 5.32 Å². The van der Waals surface area contributed by atoms with Gasteiger partial charge >= 0.3 is 0 Å². The van der Waals surface area contributed by atoms with Crippen molar-refractivity contribution in [1.82, 2.24) is 15.6 Å². The second-order valence-electron chi connectivity index (χ2n) is 8.91. The van der Waals surface area contributed by atoms with E-state index in [-0.39, 0.29) is 29.3 Å². The average Bonchev–Trinajstić information content (AvgIpc) is 3.32. The summed E-state index contributed by atoms with van der Waals surface area (Å²) in [5, 5.41) is 9.90. The predicted octanol–water partition coefficient (Wildman–Crippen LogP) is 4.70. The molecule has 2 aromatic heterocycles. The molecule has 2 heterocycles. The Bertz CT molecular complexity index is 933. The van der Waals surface area contributed by atoms with Gasteiger partial charge in [-0.25, -0.2) is 0 Å². The van der Waals surface area contributed by atoms with Crippen LogP contribution in [-0.4, -0.2) is 28.9 Å². The largest absolute Gasteiger partial charge is 0.376 e. The van der Waals surface area contributed by atoms with Crippen molar-refractivity contribution in [3.63, 3.8) is 0 Å². The lowest BCUT2D eigenvalue weighted by Gasteiger charge is -2.30. The number of carbonyl (C=O) groups excluding carboxylic acids is 2. The van der Waals surface area contributed by atoms with Gasteiger partial charge < -0.3 is 16.0 Å². The molecular formula is C22H29ClN4O2S. The lowest BCUT2D eigenvalue weighted by Crippen LogP contribution is -2.53. The third-order valence-electron chi connectivity index (χ3n) is 5.03. The van der Waals surface area contributed by atoms with Gasteiger partial charge in [0.05, 0.1) is 27.3 Å². The summed E-state index contributed by atoms with van der Waals surface area (Å²) in [7, 11) is 0. The Morgan fingerprint density at radius 3 is 2.60 bits per heavy atom. The van der Waals surface area contributed by atoms with Crippen LogP contribution in [0.4, 0.5) is 5.69 Å². The molecule has 3 N–H and O–H groups in total. The summed E-state index contributed by atoms with van der Waals surface area (Å²) in [4.78, 5) is 31.4. The Morgan fingerprint density at radius 2 is 1.97 bits per heavy atom. The van der Waals surface area contributed by atoms with Gasteiger partial charge in [0.25, 0.3) is 5.91 Å². The SMILES string of the molecule is Cc1ncc(Cl)cc1NC(C)c1ccc(C(=O)NC(C(=O)NC2CC2)C(C)(C)C)s1. The summed E-state index contributed by atoms with van der Waals surface area (Å²) in [5.74, 6) is -0.348. The van der Waals surface area contributed by atoms with E-state index in [0.29, 0.717) is 9.90 Å². The molecule has 0 saturated heterocycles. The van der Waals surface area contributed by atoms with Crippen LogP contribution in [0.3, 0.4) is 0 Å². The number of amides is 2. The molecule has 1 aliphatic carbocycles. The van der Waals surface area contributed by atoms with E-state index in [0.717, 1.165) is 29.1 Å². The van der Waals surface area contributed by atoms with Gasteiger partial charge in [-0.05, 0) is 50.3 Å². The Balaban J connectivity index is 1.68. The quantitative estimate of drug-likeness (QED) is 0.573. The molecule has 6 nitrogen and oxygen atoms in total. The predicted molar refractivity (Wildman–Crippen MR) is 122 cm³/mol. The zero-order valence-corrected chi connectivity index (χ0v) is 19.6. The lowest BCUT2D eigenvalue weighted by atomic mass is 9.86. The molecule has 0 spiro atoms. The summed E-state index contributed by atoms with van der Waals surface area (Å²) in [6.07, 6.45) is 3.64. The van der Waals surface area contributed by atoms with Crippen molar-refractivity contribution in [2.24, 2.45) is 5.41 Å². The molecule has 1 aliphatic rings. The third-order valence-corrected chi connectivity index (χ3v) is 6.50. The minimum atomic E-state index is -0.591. The fourth-order valence-corrected chi connectivity index (χ4v) is 4.13. The van der Waals surface area contributed by atoms with Crippen molar-refractivity contribution in [2.45, 2.75) is 65.6 Å². The van der Waals surface area contributed by atoms with Gasteiger partial charge in [0.1, 0.15) is 6.04 Å². The number of pyridine rings is 1. The van der Waals surface area contributed by atoms with Crippen molar-refractivity contribution in [1.29, 1.82) is 0 Å². The van der Waals surface area contributed by atoms with E-state index < -0.39 is 6.04 Å². The van der Waals surface area contributed by atoms with Crippen molar-refractivity contribution >= 4 is 40.4 Å². The molecule has 2 unspecified atom stereocenters. The molecule has 2 atom stereocenters. The smallest absolute Gasteiger partial charge is 0.262 e. The first kappa shape index (κ1) is 22.6. The van der Waals surface area contributed by atoms with Gasteiger partial charge in [-0.2, -0.15) is 0 Å². The Kier molecular flexibility index (Phi) is 6.72. The van der Waals surface area contributed by atoms with Crippen LogP contribution >= 0.6 is 22.9 Å². The van der Waals surface area contributed by atoms with Crippen LogP contribution < -0.4 is 16.0 Å². The molecule has 0 aromatic carbocycles. The number of aryl methyl sites for hydroxylation is 1. The molecule has 3 rings (SSSR count). The van der Waals surface area contributed by atoms with E-state index in [1.807, 2.05) is 46.8 Å². The number of halogens is 1. The maximum atomic E-state index is 12.9. The number of rotatable bonds is 7. The Labute approximate surface area is 186 Å². The normalized spacial score (nSPS) is 15.9. The van der Waals surface area contributed by atoms with Crippen LogP contribution in [0.2, 0.25) is 5.02 Å². The minimum absolute atomic E-state index is 0.0212. The van der Waals surface area contributed by atoms with Gasteiger partial charge in [0.15, 0.2) is 0 Å². The summed E-state index contributed by atoms with van der Waals surface area (Å²) < 4.78 is 0. The first-order valence-corrected chi connectivity index (χ1v) is 11.3. The Morgan fingerprint density at radius 1 is 1.27 bits per heavy atom. The molecular weight excluding hydrogens is 420 g/mol. The first-order chi connectivity index (χ1) is 14.0. The van der Waals surface area contributed by atoms with E-state index in [1.165, 1.54) is 11.3 Å². The lowest BCUT2D eigenvalue weighted by molar-refractivity contribution is -0.125. The van der Waals surface area contributed by atoms with Gasteiger partial charge in [0, 0.05) is 17.1 Å². The third kappa shape index (κ3) is 5.73. The molecule has 2 amide bonds. The van der Waals surface area contributed by atoms with E-state index in [9.17, 15) is 9.59 Å². The number of carbonyl (C=O) groups is 2. The summed E-state index contributed by atoms with van der Waals surface area (Å²) in [6, 6.07) is 5.22. The summed E-state index contributed by atoms with van der Waals surface area (Å²) >= 11 is 7.46. The molecule has 30 heavy (non-hydrogen) atoms. The molecule has 0 bridgehead atoms. The number of nitrogens with zero attached hydrogens (tertiary/aromatic N) is 1. The maximum Gasteiger partial charge on any atom is 0.262 e. The molecule has 2 aromatic rings. The maximum absolute atomic E-state index is 12.9. The second-order valence-corrected chi connectivity index (χ2v) is 10.5. The summed E-state index contributed by atoms with van der Waals surface area (Å²) in [5.41, 5.74) is 1.33. The zero-order valence-electron chi connectivity index (χ0n) is 18.0. The molecule has 1 fully saturated rings. The van der Waals surface area contributed by atoms with Gasteiger partial charge in [0.2, 0.25) is 5.91 Å². The molecule has 162 valence electrons. The van der Waals surface area contributed by atoms with E-state index in [2.05, 4.69) is 20.9 Å². The van der Waals surface area contributed by atoms with Crippen molar-refractivity contribution in [3.05, 3.63) is 44.9 Å². The highest BCUT2D eigenvalue weighted by atomic mass is 35.5. The summed E-state index contributed by atoms with van der Waals surface area (Å²) in [6.45, 7) is 9.81. The van der Waals surface area contributed by atoms with Crippen LogP contribution in [0.5, 0.6) is 0 Å². The molecule has 0 aliphatic heterocycles. The number of aromatic nitrogens is 1. The monoisotopic (exact) mass is 448 g/mol. The number of hydrogen-bond acceptors (Lipinski definition) is 5. The van der Waals surface area contributed by atoms with Crippen molar-refractivity contribution < 1.29 is 9.59 Å². The van der Waals surface area contributed by atoms with E-state index in [4.69, 9.17) is 11.6 Å². The number of thiophene rings is 1. The first-order valence-electron chi connectivity index (χ1n) is 10.1. The number of hydrogen-bond donors (Lipinski definition) is 3. The topological polar surface area (TPSA) is 83.1 Å². The highest BCUT2D eigenvalue weighted by Crippen LogP contribution is 2.29. The van der Waals surface area contributed by atoms with Crippen molar-refractivity contribution in [3.8, 4) is 0 Å². The standard InChI is InChI=1S/C22H29ClN4O2S/c1-12-16(10-14(23)11-24-12)25-13(2)17-8-9-18(30-17)20(28)27-19(22(3,4)5)21(29)26-15-6-7-15/h8-11,13,15,19,25H,6-7H2,1-5H3,(H,26,29)(H,27,28). The molecule has 0 radical (unpaired) electrons. The van der Waals surface area contributed by atoms with Gasteiger partial charge in [-0.3, -0.25) is 14.6 Å². The van der Waals surface area contributed by atoms with Crippen LogP contribution in [0, 0.1) is 12.3 Å². The fourth-order valence-electron chi connectivity index (χ4n) is 3.06. The van der Waals surface area contributed by atoms with Gasteiger partial charge in [-0.15, -0.1) is 11.3 Å². The van der Waals surface area contributed by atoms with E-state index >= 15 is 0 Å². The highest BCUT2D eigenvalue weighted by Gasteiger charge is 2.36. The second kappa shape index (κ2) is 8.94. The van der Waals surface area contributed by atoms with Gasteiger partial charge in [-0.1, -0.05) is 32.4 Å². The average molecular weight is 449 g/mol. The van der Waals surface area contributed by atoms with E-state index in [1.54, 1.807) is 12.3 Å². The number of nitrogens with one attached hydrogen (secondary N) is 3. The highest BCUT2D eigenvalue weighted by molar-refractivity contribution is 7.14. The zero-order chi connectivity index (χ0) is 22.1.